The number of hydrogen-bond acceptors (Lipinski definition) is 8. The molecule has 0 unspecified atom stereocenters. The Bertz CT molecular complexity index is 1070. The molecular formula is C22H30N8O2S2. The van der Waals surface area contributed by atoms with E-state index in [4.69, 9.17) is 0 Å². The van der Waals surface area contributed by atoms with Crippen LogP contribution in [-0.4, -0.2) is 32.5 Å². The first kappa shape index (κ1) is 25.5. The minimum atomic E-state index is -0.681. The molecule has 0 saturated carbocycles. The van der Waals surface area contributed by atoms with Crippen molar-refractivity contribution < 1.29 is 9.59 Å². The summed E-state index contributed by atoms with van der Waals surface area (Å²) >= 11 is 2.70. The number of rotatable bonds is 8. The third kappa shape index (κ3) is 6.48. The summed E-state index contributed by atoms with van der Waals surface area (Å²) < 4.78 is 0. The Morgan fingerprint density at radius 1 is 0.765 bits per heavy atom. The second-order valence-corrected chi connectivity index (χ2v) is 10.8. The fourth-order valence-electron chi connectivity index (χ4n) is 3.16. The molecule has 3 aromatic rings. The number of nitrogens with zero attached hydrogens (tertiary/aromatic N) is 4. The second kappa shape index (κ2) is 10.4. The van der Waals surface area contributed by atoms with Crippen molar-refractivity contribution in [1.82, 2.24) is 31.0 Å². The predicted octanol–water partition coefficient (Wildman–Crippen LogP) is 4.63. The lowest BCUT2D eigenvalue weighted by molar-refractivity contribution is 0.241. The molecule has 2 aromatic heterocycles. The molecule has 0 atom stereocenters. The maximum atomic E-state index is 12.6. The monoisotopic (exact) mass is 502 g/mol. The summed E-state index contributed by atoms with van der Waals surface area (Å²) in [7, 11) is 0. The highest BCUT2D eigenvalue weighted by Crippen LogP contribution is 2.27. The third-order valence-electron chi connectivity index (χ3n) is 5.14. The van der Waals surface area contributed by atoms with Gasteiger partial charge in [0.25, 0.3) is 0 Å². The zero-order valence-corrected chi connectivity index (χ0v) is 21.8. The number of urea groups is 2. The van der Waals surface area contributed by atoms with Crippen LogP contribution in [0.2, 0.25) is 0 Å². The Balaban J connectivity index is 1.67. The quantitative estimate of drug-likeness (QED) is 0.355. The highest BCUT2D eigenvalue weighted by molar-refractivity contribution is 7.15. The molecule has 4 amide bonds. The molecule has 182 valence electrons. The number of carbonyl (C=O) groups excluding carboxylic acids is 2. The summed E-state index contributed by atoms with van der Waals surface area (Å²) in [6.45, 7) is 11.6. The summed E-state index contributed by atoms with van der Waals surface area (Å²) in [4.78, 5) is 25.1. The van der Waals surface area contributed by atoms with E-state index in [0.717, 1.165) is 34.0 Å². The normalized spacial score (nSPS) is 11.7. The average molecular weight is 503 g/mol. The van der Waals surface area contributed by atoms with Gasteiger partial charge in [-0.25, -0.2) is 9.59 Å². The molecule has 12 heteroatoms. The van der Waals surface area contributed by atoms with Gasteiger partial charge in [-0.05, 0) is 51.7 Å². The molecule has 0 aliphatic heterocycles. The van der Waals surface area contributed by atoms with Crippen LogP contribution in [0.3, 0.4) is 0 Å². The molecule has 0 aliphatic carbocycles. The first-order valence-electron chi connectivity index (χ1n) is 11.0. The van der Waals surface area contributed by atoms with Gasteiger partial charge in [0, 0.05) is 0 Å². The number of benzene rings is 1. The van der Waals surface area contributed by atoms with E-state index >= 15 is 0 Å². The molecule has 0 spiro atoms. The molecule has 0 radical (unpaired) electrons. The lowest BCUT2D eigenvalue weighted by Crippen LogP contribution is -2.45. The fourth-order valence-corrected chi connectivity index (χ4v) is 4.51. The fraction of sp³-hybridized carbons (Fsp3) is 0.455. The lowest BCUT2D eigenvalue weighted by atomic mass is 9.87. The standard InChI is InChI=1S/C22H30N8O2S2/c1-7-15-27-29-19(33-15)23-17(31)25-21(3,4)13-10-9-11-14(12-13)22(5,6)26-18(32)24-20-30-28-16(8-2)34-20/h9-12H,7-8H2,1-6H3,(H2,23,25,29,31)(H2,24,26,30,32). The number of aromatic nitrogens is 4. The van der Waals surface area contributed by atoms with Gasteiger partial charge < -0.3 is 10.6 Å². The molecule has 0 fully saturated rings. The van der Waals surface area contributed by atoms with E-state index in [9.17, 15) is 9.59 Å². The van der Waals surface area contributed by atoms with Crippen LogP contribution in [0.5, 0.6) is 0 Å². The smallest absolute Gasteiger partial charge is 0.321 e. The maximum Gasteiger partial charge on any atom is 0.321 e. The van der Waals surface area contributed by atoms with E-state index in [1.54, 1.807) is 0 Å². The van der Waals surface area contributed by atoms with E-state index in [1.165, 1.54) is 22.7 Å². The number of carbonyl (C=O) groups is 2. The summed E-state index contributed by atoms with van der Waals surface area (Å²) in [5.74, 6) is 0. The first-order chi connectivity index (χ1) is 16.0. The highest BCUT2D eigenvalue weighted by Gasteiger charge is 2.28. The van der Waals surface area contributed by atoms with Gasteiger partial charge in [0.2, 0.25) is 10.3 Å². The van der Waals surface area contributed by atoms with Crippen molar-refractivity contribution in [2.24, 2.45) is 0 Å². The van der Waals surface area contributed by atoms with Gasteiger partial charge in [0.1, 0.15) is 10.0 Å². The van der Waals surface area contributed by atoms with Gasteiger partial charge in [-0.2, -0.15) is 0 Å². The number of hydrogen-bond donors (Lipinski definition) is 4. The van der Waals surface area contributed by atoms with Crippen molar-refractivity contribution in [1.29, 1.82) is 0 Å². The molecule has 0 saturated heterocycles. The number of aryl methyl sites for hydroxylation is 2. The van der Waals surface area contributed by atoms with Gasteiger partial charge in [-0.3, -0.25) is 10.6 Å². The molecule has 10 nitrogen and oxygen atoms in total. The third-order valence-corrected chi connectivity index (χ3v) is 7.10. The topological polar surface area (TPSA) is 134 Å². The summed E-state index contributed by atoms with van der Waals surface area (Å²) in [6, 6.07) is 7.02. The molecule has 2 heterocycles. The second-order valence-electron chi connectivity index (χ2n) is 8.70. The van der Waals surface area contributed by atoms with Gasteiger partial charge >= 0.3 is 12.1 Å². The number of anilines is 2. The van der Waals surface area contributed by atoms with Gasteiger partial charge in [-0.15, -0.1) is 20.4 Å². The zero-order chi connectivity index (χ0) is 24.9. The van der Waals surface area contributed by atoms with Crippen LogP contribution in [0.25, 0.3) is 0 Å². The Labute approximate surface area is 207 Å². The Morgan fingerprint density at radius 2 is 1.18 bits per heavy atom. The molecular weight excluding hydrogens is 472 g/mol. The van der Waals surface area contributed by atoms with Crippen LogP contribution in [0, 0.1) is 0 Å². The van der Waals surface area contributed by atoms with E-state index in [0.29, 0.717) is 10.3 Å². The van der Waals surface area contributed by atoms with E-state index in [1.807, 2.05) is 65.8 Å². The van der Waals surface area contributed by atoms with Gasteiger partial charge in [0.05, 0.1) is 11.1 Å². The Hall–Kier alpha value is -3.12. The van der Waals surface area contributed by atoms with Crippen LogP contribution in [-0.2, 0) is 23.9 Å². The predicted molar refractivity (Wildman–Crippen MR) is 135 cm³/mol. The first-order valence-corrected chi connectivity index (χ1v) is 12.6. The summed E-state index contributed by atoms with van der Waals surface area (Å²) in [6.07, 6.45) is 1.53. The van der Waals surface area contributed by atoms with Crippen LogP contribution < -0.4 is 21.3 Å². The Kier molecular flexibility index (Phi) is 7.82. The molecule has 0 aliphatic rings. The SMILES string of the molecule is CCc1nnc(NC(=O)NC(C)(C)c2cccc(C(C)(C)NC(=O)Nc3nnc(CC)s3)c2)s1. The largest absolute Gasteiger partial charge is 0.329 e. The number of nitrogens with one attached hydrogen (secondary N) is 4. The lowest BCUT2D eigenvalue weighted by Gasteiger charge is -2.31. The van der Waals surface area contributed by atoms with Crippen molar-refractivity contribution >= 4 is 45.0 Å². The van der Waals surface area contributed by atoms with Gasteiger partial charge in [0.15, 0.2) is 0 Å². The summed E-state index contributed by atoms with van der Waals surface area (Å²) in [5, 5.41) is 30.1. The van der Waals surface area contributed by atoms with Gasteiger partial charge in [-0.1, -0.05) is 60.8 Å². The van der Waals surface area contributed by atoms with Crippen molar-refractivity contribution in [3.63, 3.8) is 0 Å². The van der Waals surface area contributed by atoms with Crippen molar-refractivity contribution in [2.75, 3.05) is 10.6 Å². The maximum absolute atomic E-state index is 12.6. The van der Waals surface area contributed by atoms with Crippen LogP contribution in [0.15, 0.2) is 24.3 Å². The minimum Gasteiger partial charge on any atom is -0.329 e. The van der Waals surface area contributed by atoms with E-state index < -0.39 is 11.1 Å². The van der Waals surface area contributed by atoms with Crippen LogP contribution in [0.1, 0.15) is 62.7 Å². The van der Waals surface area contributed by atoms with Crippen LogP contribution in [0.4, 0.5) is 19.9 Å². The van der Waals surface area contributed by atoms with Crippen molar-refractivity contribution in [3.05, 3.63) is 45.4 Å². The molecule has 34 heavy (non-hydrogen) atoms. The minimum absolute atomic E-state index is 0.366. The van der Waals surface area contributed by atoms with E-state index in [-0.39, 0.29) is 12.1 Å². The van der Waals surface area contributed by atoms with Crippen LogP contribution >= 0.6 is 22.7 Å². The number of amides is 4. The zero-order valence-electron chi connectivity index (χ0n) is 20.1. The summed E-state index contributed by atoms with van der Waals surface area (Å²) in [5.41, 5.74) is 0.414. The Morgan fingerprint density at radius 3 is 1.53 bits per heavy atom. The van der Waals surface area contributed by atoms with Crippen molar-refractivity contribution in [2.45, 2.75) is 65.5 Å². The van der Waals surface area contributed by atoms with E-state index in [2.05, 4.69) is 41.7 Å². The molecule has 3 rings (SSSR count). The average Bonchev–Trinajstić information content (AvgIpc) is 3.42. The highest BCUT2D eigenvalue weighted by atomic mass is 32.1. The van der Waals surface area contributed by atoms with Crippen molar-refractivity contribution in [3.8, 4) is 0 Å². The molecule has 1 aromatic carbocycles. The molecule has 4 N–H and O–H groups in total. The molecule has 0 bridgehead atoms.